The lowest BCUT2D eigenvalue weighted by molar-refractivity contribution is -0.137. The highest BCUT2D eigenvalue weighted by Crippen LogP contribution is 2.34. The topological polar surface area (TPSA) is 32.3 Å². The number of anilines is 1. The minimum Gasteiger partial charge on any atom is -0.317 e. The van der Waals surface area contributed by atoms with Gasteiger partial charge in [-0.1, -0.05) is 24.3 Å². The number of para-hydroxylation sites is 1. The number of nitrogens with one attached hydrogen (secondary N) is 1. The molecule has 1 atom stereocenters. The van der Waals surface area contributed by atoms with Gasteiger partial charge in [0.25, 0.3) is 0 Å². The van der Waals surface area contributed by atoms with Crippen LogP contribution in [0.3, 0.4) is 0 Å². The van der Waals surface area contributed by atoms with E-state index in [2.05, 4.69) is 5.32 Å². The van der Waals surface area contributed by atoms with Crippen LogP contribution in [0.4, 0.5) is 28.0 Å². The van der Waals surface area contributed by atoms with Gasteiger partial charge < -0.3 is 10.2 Å². The quantitative estimate of drug-likeness (QED) is 0.689. The summed E-state index contributed by atoms with van der Waals surface area (Å²) in [6, 6.07) is 9.92. The van der Waals surface area contributed by atoms with Crippen molar-refractivity contribution in [2.45, 2.75) is 31.5 Å². The second-order valence-electron chi connectivity index (χ2n) is 6.23. The summed E-state index contributed by atoms with van der Waals surface area (Å²) in [5.74, 6) is -0.538. The van der Waals surface area contributed by atoms with E-state index in [-0.39, 0.29) is 11.7 Å². The second kappa shape index (κ2) is 7.35. The summed E-state index contributed by atoms with van der Waals surface area (Å²) in [6.45, 7) is 0.464. The number of amides is 2. The standard InChI is InChI=1S/C19H18F4N2O/c20-15-5-1-2-6-16(15)24-18(26)25-12-4-3-7-17(25)13-8-10-14(11-9-13)19(21,22)23/h1-2,5-6,8-11,17H,3-4,7,12H2,(H,24,26)/t17-/m1/s1. The summed E-state index contributed by atoms with van der Waals surface area (Å²) >= 11 is 0. The Morgan fingerprint density at radius 2 is 1.73 bits per heavy atom. The van der Waals surface area contributed by atoms with Crippen molar-refractivity contribution < 1.29 is 22.4 Å². The van der Waals surface area contributed by atoms with Crippen LogP contribution in [-0.2, 0) is 6.18 Å². The summed E-state index contributed by atoms with van der Waals surface area (Å²) < 4.78 is 52.0. The Morgan fingerprint density at radius 1 is 1.04 bits per heavy atom. The lowest BCUT2D eigenvalue weighted by Gasteiger charge is -2.36. The van der Waals surface area contributed by atoms with Crippen LogP contribution in [0.2, 0.25) is 0 Å². The van der Waals surface area contributed by atoms with Crippen molar-refractivity contribution in [2.75, 3.05) is 11.9 Å². The zero-order chi connectivity index (χ0) is 18.7. The fraction of sp³-hybridized carbons (Fsp3) is 0.316. The zero-order valence-corrected chi connectivity index (χ0v) is 13.9. The average Bonchev–Trinajstić information content (AvgIpc) is 2.63. The van der Waals surface area contributed by atoms with E-state index in [9.17, 15) is 22.4 Å². The van der Waals surface area contributed by atoms with Gasteiger partial charge in [0.1, 0.15) is 5.82 Å². The molecule has 0 aliphatic carbocycles. The van der Waals surface area contributed by atoms with E-state index in [0.717, 1.165) is 25.0 Å². The van der Waals surface area contributed by atoms with Crippen LogP contribution in [0.15, 0.2) is 48.5 Å². The molecule has 1 aliphatic rings. The van der Waals surface area contributed by atoms with Crippen molar-refractivity contribution in [3.63, 3.8) is 0 Å². The maximum Gasteiger partial charge on any atom is 0.416 e. The maximum atomic E-state index is 13.8. The molecule has 1 fully saturated rings. The zero-order valence-electron chi connectivity index (χ0n) is 13.9. The molecular formula is C19H18F4N2O. The smallest absolute Gasteiger partial charge is 0.317 e. The summed E-state index contributed by atoms with van der Waals surface area (Å²) in [6.07, 6.45) is -2.08. The molecule has 138 valence electrons. The second-order valence-corrected chi connectivity index (χ2v) is 6.23. The highest BCUT2D eigenvalue weighted by atomic mass is 19.4. The van der Waals surface area contributed by atoms with Gasteiger partial charge in [0, 0.05) is 6.54 Å². The molecule has 2 amide bonds. The number of likely N-dealkylation sites (tertiary alicyclic amines) is 1. The lowest BCUT2D eigenvalue weighted by atomic mass is 9.95. The number of hydrogen-bond donors (Lipinski definition) is 1. The van der Waals surface area contributed by atoms with E-state index >= 15 is 0 Å². The van der Waals surface area contributed by atoms with Gasteiger partial charge in [-0.05, 0) is 49.1 Å². The monoisotopic (exact) mass is 366 g/mol. The van der Waals surface area contributed by atoms with Gasteiger partial charge in [-0.3, -0.25) is 0 Å². The molecule has 1 N–H and O–H groups in total. The predicted octanol–water partition coefficient (Wildman–Crippen LogP) is 5.60. The summed E-state index contributed by atoms with van der Waals surface area (Å²) in [5, 5.41) is 2.55. The van der Waals surface area contributed by atoms with Crippen LogP contribution in [-0.4, -0.2) is 17.5 Å². The van der Waals surface area contributed by atoms with E-state index in [4.69, 9.17) is 0 Å². The first-order valence-corrected chi connectivity index (χ1v) is 8.35. The van der Waals surface area contributed by atoms with Gasteiger partial charge in [0.15, 0.2) is 0 Å². The van der Waals surface area contributed by atoms with Gasteiger partial charge in [-0.15, -0.1) is 0 Å². The van der Waals surface area contributed by atoms with Crippen LogP contribution in [0.5, 0.6) is 0 Å². The molecule has 0 unspecified atom stereocenters. The number of nitrogens with zero attached hydrogens (tertiary/aromatic N) is 1. The number of benzene rings is 2. The van der Waals surface area contributed by atoms with Crippen molar-refractivity contribution in [2.24, 2.45) is 0 Å². The molecule has 7 heteroatoms. The SMILES string of the molecule is O=C(Nc1ccccc1F)N1CCCC[C@@H]1c1ccc(C(F)(F)F)cc1. The number of hydrogen-bond acceptors (Lipinski definition) is 1. The first-order valence-electron chi connectivity index (χ1n) is 8.35. The number of halogens is 4. The van der Waals surface area contributed by atoms with Gasteiger partial charge in [-0.25, -0.2) is 9.18 Å². The van der Waals surface area contributed by atoms with Gasteiger partial charge in [0.2, 0.25) is 0 Å². The number of piperidine rings is 1. The third-order valence-electron chi connectivity index (χ3n) is 4.50. The van der Waals surface area contributed by atoms with Crippen LogP contribution in [0, 0.1) is 5.82 Å². The van der Waals surface area contributed by atoms with E-state index < -0.39 is 23.6 Å². The Kier molecular flexibility index (Phi) is 5.15. The number of carbonyl (C=O) groups excluding carboxylic acids is 1. The predicted molar refractivity (Wildman–Crippen MR) is 90.2 cm³/mol. The largest absolute Gasteiger partial charge is 0.416 e. The normalized spacial score (nSPS) is 17.8. The molecule has 1 saturated heterocycles. The van der Waals surface area contributed by atoms with Crippen LogP contribution in [0.1, 0.15) is 36.4 Å². The molecule has 0 radical (unpaired) electrons. The molecule has 1 aliphatic heterocycles. The molecule has 1 heterocycles. The van der Waals surface area contributed by atoms with E-state index in [0.29, 0.717) is 18.5 Å². The van der Waals surface area contributed by atoms with E-state index in [1.807, 2.05) is 0 Å². The molecule has 0 saturated carbocycles. The van der Waals surface area contributed by atoms with Crippen molar-refractivity contribution in [3.05, 3.63) is 65.5 Å². The maximum absolute atomic E-state index is 13.8. The Hall–Kier alpha value is -2.57. The highest BCUT2D eigenvalue weighted by Gasteiger charge is 2.32. The lowest BCUT2D eigenvalue weighted by Crippen LogP contribution is -2.41. The van der Waals surface area contributed by atoms with Crippen LogP contribution in [0.25, 0.3) is 0 Å². The molecule has 26 heavy (non-hydrogen) atoms. The molecular weight excluding hydrogens is 348 g/mol. The first kappa shape index (κ1) is 18.2. The summed E-state index contributed by atoms with van der Waals surface area (Å²) in [7, 11) is 0. The highest BCUT2D eigenvalue weighted by molar-refractivity contribution is 5.89. The molecule has 0 bridgehead atoms. The molecule has 2 aromatic rings. The molecule has 0 spiro atoms. The van der Waals surface area contributed by atoms with Crippen molar-refractivity contribution in [1.29, 1.82) is 0 Å². The molecule has 2 aromatic carbocycles. The Balaban J connectivity index is 1.79. The Labute approximate surface area is 148 Å². The number of rotatable bonds is 2. The Bertz CT molecular complexity index is 774. The fourth-order valence-corrected chi connectivity index (χ4v) is 3.17. The van der Waals surface area contributed by atoms with E-state index in [1.54, 1.807) is 11.0 Å². The van der Waals surface area contributed by atoms with Crippen molar-refractivity contribution >= 4 is 11.7 Å². The number of urea groups is 1. The fourth-order valence-electron chi connectivity index (χ4n) is 3.17. The van der Waals surface area contributed by atoms with E-state index in [1.165, 1.54) is 30.3 Å². The van der Waals surface area contributed by atoms with Crippen LogP contribution < -0.4 is 5.32 Å². The average molecular weight is 366 g/mol. The van der Waals surface area contributed by atoms with Crippen LogP contribution >= 0.6 is 0 Å². The molecule has 3 nitrogen and oxygen atoms in total. The molecule has 3 rings (SSSR count). The van der Waals surface area contributed by atoms with Gasteiger partial charge in [0.05, 0.1) is 17.3 Å². The van der Waals surface area contributed by atoms with Crippen molar-refractivity contribution in [1.82, 2.24) is 4.90 Å². The van der Waals surface area contributed by atoms with Gasteiger partial charge >= 0.3 is 12.2 Å². The summed E-state index contributed by atoms with van der Waals surface area (Å²) in [4.78, 5) is 14.2. The van der Waals surface area contributed by atoms with Gasteiger partial charge in [-0.2, -0.15) is 13.2 Å². The number of carbonyl (C=O) groups is 1. The minimum absolute atomic E-state index is 0.0780. The third kappa shape index (κ3) is 3.98. The first-order chi connectivity index (χ1) is 12.4. The Morgan fingerprint density at radius 3 is 2.38 bits per heavy atom. The number of alkyl halides is 3. The third-order valence-corrected chi connectivity index (χ3v) is 4.50. The van der Waals surface area contributed by atoms with Crippen molar-refractivity contribution in [3.8, 4) is 0 Å². The summed E-state index contributed by atoms with van der Waals surface area (Å²) in [5.41, 5.74) is -0.00459. The molecule has 0 aromatic heterocycles. The minimum atomic E-state index is -4.40.